The van der Waals surface area contributed by atoms with Crippen LogP contribution < -0.4 is 19.6 Å². The van der Waals surface area contributed by atoms with Gasteiger partial charge in [-0.1, -0.05) is 41.7 Å². The summed E-state index contributed by atoms with van der Waals surface area (Å²) in [5.74, 6) is -0.0650. The Kier molecular flexibility index (Phi) is 8.13. The van der Waals surface area contributed by atoms with Gasteiger partial charge in [0.15, 0.2) is 4.80 Å². The Morgan fingerprint density at radius 2 is 1.91 bits per heavy atom. The van der Waals surface area contributed by atoms with Crippen molar-refractivity contribution in [3.63, 3.8) is 0 Å². The van der Waals surface area contributed by atoms with Crippen LogP contribution in [-0.4, -0.2) is 40.5 Å². The molecular weight excluding hydrogens is 611 g/mol. The monoisotopic (exact) mass is 640 g/mol. The second-order valence-electron chi connectivity index (χ2n) is 10.6. The molecule has 3 aromatic carbocycles. The van der Waals surface area contributed by atoms with E-state index in [1.54, 1.807) is 37.1 Å². The second kappa shape index (κ2) is 12.2. The summed E-state index contributed by atoms with van der Waals surface area (Å²) in [6.45, 7) is 6.55. The predicted molar refractivity (Wildman–Crippen MR) is 173 cm³/mol. The van der Waals surface area contributed by atoms with Gasteiger partial charge in [-0.25, -0.2) is 4.99 Å². The summed E-state index contributed by atoms with van der Waals surface area (Å²) in [4.78, 5) is 45.7. The fraction of sp³-hybridized carbons (Fsp3) is 0.206. The van der Waals surface area contributed by atoms with Crippen molar-refractivity contribution in [3.05, 3.63) is 125 Å². The first-order valence-electron chi connectivity index (χ1n) is 14.6. The maximum Gasteiger partial charge on any atom is 0.305 e. The molecule has 1 aliphatic heterocycles. The Morgan fingerprint density at radius 1 is 1.15 bits per heavy atom. The van der Waals surface area contributed by atoms with Crippen LogP contribution in [-0.2, 0) is 4.79 Å². The minimum Gasteiger partial charge on any atom is -0.496 e. The van der Waals surface area contributed by atoms with Crippen LogP contribution in [0, 0.1) is 15.9 Å². The van der Waals surface area contributed by atoms with E-state index in [1.165, 1.54) is 10.6 Å². The third kappa shape index (κ3) is 5.20. The Labute approximate surface area is 266 Å². The minimum atomic E-state index is -0.951. The molecule has 1 aliphatic rings. The van der Waals surface area contributed by atoms with E-state index in [2.05, 4.69) is 0 Å². The van der Waals surface area contributed by atoms with Crippen LogP contribution in [0.15, 0.2) is 92.2 Å². The lowest BCUT2D eigenvalue weighted by Crippen LogP contribution is -2.43. The van der Waals surface area contributed by atoms with Gasteiger partial charge in [0.05, 0.1) is 27.8 Å². The highest BCUT2D eigenvalue weighted by Crippen LogP contribution is 2.40. The normalized spacial score (nSPS) is 14.7. The summed E-state index contributed by atoms with van der Waals surface area (Å²) in [6, 6.07) is 17.4. The first kappa shape index (κ1) is 30.7. The Morgan fingerprint density at radius 3 is 2.63 bits per heavy atom. The number of carbonyl (C=O) groups is 1. The summed E-state index contributed by atoms with van der Waals surface area (Å²) >= 11 is 1.15. The number of ether oxygens (including phenoxy) is 1. The number of likely N-dealkylation sites (N-methyl/N-ethyl adjacent to an activating group) is 1. The lowest BCUT2D eigenvalue weighted by Gasteiger charge is -2.30. The molecule has 2 aromatic heterocycles. The molecule has 12 heteroatoms. The maximum absolute atomic E-state index is 14.3. The van der Waals surface area contributed by atoms with Crippen molar-refractivity contribution in [2.45, 2.75) is 26.8 Å². The van der Waals surface area contributed by atoms with Gasteiger partial charge in [-0.15, -0.1) is 0 Å². The highest BCUT2D eigenvalue weighted by atomic mass is 32.1. The number of hydrogen-bond acceptors (Lipinski definition) is 8. The van der Waals surface area contributed by atoms with Crippen LogP contribution in [0.1, 0.15) is 38.1 Å². The van der Waals surface area contributed by atoms with Gasteiger partial charge in [-0.3, -0.25) is 24.3 Å². The maximum atomic E-state index is 14.3. The molecule has 6 rings (SSSR count). The zero-order valence-corrected chi connectivity index (χ0v) is 26.3. The number of hydrogen-bond donors (Lipinski definition) is 0. The smallest absolute Gasteiger partial charge is 0.305 e. The van der Waals surface area contributed by atoms with Crippen LogP contribution >= 0.6 is 11.3 Å². The summed E-state index contributed by atoms with van der Waals surface area (Å²) in [5.41, 5.74) is 0.830. The van der Waals surface area contributed by atoms with E-state index in [1.807, 2.05) is 50.2 Å². The van der Waals surface area contributed by atoms with E-state index >= 15 is 0 Å². The van der Waals surface area contributed by atoms with Crippen LogP contribution in [0.4, 0.5) is 10.1 Å². The molecule has 0 fully saturated rings. The largest absolute Gasteiger partial charge is 0.496 e. The molecule has 0 saturated carbocycles. The molecule has 0 N–H and O–H groups in total. The number of amides is 1. The molecule has 0 unspecified atom stereocenters. The molecule has 5 aromatic rings. The van der Waals surface area contributed by atoms with Crippen LogP contribution in [0.2, 0.25) is 0 Å². The number of benzene rings is 3. The number of aromatic nitrogens is 1. The number of nitrogens with zero attached hydrogens (tertiary/aromatic N) is 4. The molecule has 0 saturated heterocycles. The molecule has 234 valence electrons. The number of halogens is 1. The van der Waals surface area contributed by atoms with E-state index in [0.29, 0.717) is 56.3 Å². The van der Waals surface area contributed by atoms with Crippen LogP contribution in [0.25, 0.3) is 28.2 Å². The van der Waals surface area contributed by atoms with Gasteiger partial charge < -0.3 is 14.1 Å². The summed E-state index contributed by atoms with van der Waals surface area (Å²) < 4.78 is 27.5. The molecule has 10 nitrogen and oxygen atoms in total. The van der Waals surface area contributed by atoms with Gasteiger partial charge in [0, 0.05) is 36.4 Å². The zero-order chi connectivity index (χ0) is 32.7. The number of fused-ring (bicyclic) bond motifs is 2. The van der Waals surface area contributed by atoms with Crippen LogP contribution in [0.5, 0.6) is 5.75 Å². The lowest BCUT2D eigenvalue weighted by atomic mass is 9.90. The van der Waals surface area contributed by atoms with Gasteiger partial charge in [-0.05, 0) is 61.9 Å². The van der Waals surface area contributed by atoms with Crippen molar-refractivity contribution in [1.29, 1.82) is 0 Å². The molecule has 0 spiro atoms. The summed E-state index contributed by atoms with van der Waals surface area (Å²) in [5, 5.41) is 13.0. The topological polar surface area (TPSA) is 120 Å². The fourth-order valence-electron chi connectivity index (χ4n) is 5.81. The van der Waals surface area contributed by atoms with Crippen molar-refractivity contribution in [3.8, 4) is 17.1 Å². The third-order valence-corrected chi connectivity index (χ3v) is 9.04. The lowest BCUT2D eigenvalue weighted by molar-refractivity contribution is -0.387. The number of nitro groups is 1. The Balaban J connectivity index is 1.55. The molecule has 1 amide bonds. The Bertz CT molecular complexity index is 2250. The average Bonchev–Trinajstić information content (AvgIpc) is 3.64. The van der Waals surface area contributed by atoms with Crippen molar-refractivity contribution in [2.75, 3.05) is 20.2 Å². The number of allylic oxidation sites excluding steroid dienone is 1. The van der Waals surface area contributed by atoms with Crippen molar-refractivity contribution < 1.29 is 23.3 Å². The molecule has 0 bridgehead atoms. The minimum absolute atomic E-state index is 0.218. The third-order valence-electron chi connectivity index (χ3n) is 8.05. The van der Waals surface area contributed by atoms with Gasteiger partial charge >= 0.3 is 5.69 Å². The molecule has 0 radical (unpaired) electrons. The SMILES string of the molecule is CCN(CC)C(=O)C1=C(C)N=c2s/c(=C/c3ccc(-c4ccc(F)c([N+](=O)[O-])c4)o3)c(=O)n2[C@H]1c1c(OC)ccc2ccccc12. The van der Waals surface area contributed by atoms with Gasteiger partial charge in [0.25, 0.3) is 11.5 Å². The molecule has 0 aliphatic carbocycles. The first-order chi connectivity index (χ1) is 22.2. The number of furan rings is 1. The van der Waals surface area contributed by atoms with E-state index in [0.717, 1.165) is 34.2 Å². The highest BCUT2D eigenvalue weighted by molar-refractivity contribution is 7.07. The van der Waals surface area contributed by atoms with Crippen molar-refractivity contribution >= 4 is 39.8 Å². The summed E-state index contributed by atoms with van der Waals surface area (Å²) in [6.07, 6.45) is 1.56. The Hall–Kier alpha value is -5.36. The standard InChI is InChI=1S/C34H29FN4O6S/c1-5-37(6-2)33(41)29-19(3)36-34-38(31(29)30-23-10-8-7-9-20(23)12-15-27(30)44-4)32(40)28(46-34)18-22-13-16-26(45-22)21-11-14-24(35)25(17-21)39(42)43/h7-18,31H,5-6H2,1-4H3/b28-18+/t31-/m1/s1. The molecule has 1 atom stereocenters. The van der Waals surface area contributed by atoms with Gasteiger partial charge in [0.2, 0.25) is 5.82 Å². The predicted octanol–water partition coefficient (Wildman–Crippen LogP) is 5.57. The number of thiazole rings is 1. The van der Waals surface area contributed by atoms with Gasteiger partial charge in [-0.2, -0.15) is 4.39 Å². The number of rotatable bonds is 8. The summed E-state index contributed by atoms with van der Waals surface area (Å²) in [7, 11) is 1.56. The van der Waals surface area contributed by atoms with Crippen LogP contribution in [0.3, 0.4) is 0 Å². The average molecular weight is 641 g/mol. The first-order valence-corrected chi connectivity index (χ1v) is 15.4. The van der Waals surface area contributed by atoms with Crippen molar-refractivity contribution in [1.82, 2.24) is 9.47 Å². The fourth-order valence-corrected chi connectivity index (χ4v) is 6.83. The van der Waals surface area contributed by atoms with E-state index < -0.39 is 22.5 Å². The highest BCUT2D eigenvalue weighted by Gasteiger charge is 2.36. The second-order valence-corrected chi connectivity index (χ2v) is 11.6. The number of methoxy groups -OCH3 is 1. The van der Waals surface area contributed by atoms with Crippen molar-refractivity contribution in [2.24, 2.45) is 4.99 Å². The molecule has 3 heterocycles. The van der Waals surface area contributed by atoms with Gasteiger partial charge in [0.1, 0.15) is 23.3 Å². The number of nitro benzene ring substituents is 1. The zero-order valence-electron chi connectivity index (χ0n) is 25.4. The van der Waals surface area contributed by atoms with E-state index in [-0.39, 0.29) is 17.2 Å². The number of carbonyl (C=O) groups excluding carboxylic acids is 1. The molecule has 46 heavy (non-hydrogen) atoms. The van der Waals surface area contributed by atoms with E-state index in [9.17, 15) is 24.1 Å². The molecular formula is C34H29FN4O6S. The quantitative estimate of drug-likeness (QED) is 0.162. The van der Waals surface area contributed by atoms with E-state index in [4.69, 9.17) is 14.1 Å².